The van der Waals surface area contributed by atoms with Gasteiger partial charge in [-0.05, 0) is 82.7 Å². The van der Waals surface area contributed by atoms with Crippen molar-refractivity contribution in [2.45, 2.75) is 149 Å². The highest BCUT2D eigenvalue weighted by molar-refractivity contribution is 5.92. The minimum Gasteiger partial charge on any atom is -0.456 e. The lowest BCUT2D eigenvalue weighted by Gasteiger charge is -2.68. The van der Waals surface area contributed by atoms with Crippen LogP contribution in [-0.4, -0.2) is 93.3 Å². The van der Waals surface area contributed by atoms with Crippen LogP contribution in [-0.2, 0) is 42.8 Å². The quantitative estimate of drug-likeness (QED) is 0.176. The standard InChI is InChI=1S/C48H61NO12/c1-26-23-33-47(25-56-33,59-29(4)50)37-39(58-40(52)31-21-17-14-18-22-31)48(55)24-32(27(2)34(44(48,8)9)28(3)38(51)46(26,37)12)57-41(53)36-35(30-19-15-13-16-20-30)49(45(10,11)60-36)42(54)61-43(5,6)7/h13-22,26,28,32-33,35-37,39,55H,23-25H2,1-12H3/t26-,28+,32-,33+,35-,36+,37?,39?,46+,47-,48+/m0/s1. The lowest BCUT2D eigenvalue weighted by molar-refractivity contribution is -0.339. The first kappa shape index (κ1) is 44.5. The number of Topliss-reactive ketones (excluding diaryl/α,β-unsaturated/α-hetero) is 1. The molecule has 7 rings (SSSR count). The van der Waals surface area contributed by atoms with Gasteiger partial charge < -0.3 is 33.5 Å². The lowest BCUT2D eigenvalue weighted by atomic mass is 9.42. The summed E-state index contributed by atoms with van der Waals surface area (Å²) in [5.41, 5.74) is -6.29. The highest BCUT2D eigenvalue weighted by Gasteiger charge is 2.77. The van der Waals surface area contributed by atoms with Crippen molar-refractivity contribution in [3.8, 4) is 0 Å². The molecule has 13 heteroatoms. The molecule has 2 unspecified atom stereocenters. The second-order valence-corrected chi connectivity index (χ2v) is 20.0. The summed E-state index contributed by atoms with van der Waals surface area (Å²) in [5, 5.41) is 13.8. The third-order valence-electron chi connectivity index (χ3n) is 14.5. The number of rotatable bonds is 6. The number of hydrogen-bond acceptors (Lipinski definition) is 12. The number of ketones is 1. The molecule has 2 saturated heterocycles. The van der Waals surface area contributed by atoms with Gasteiger partial charge in [-0.25, -0.2) is 14.4 Å². The Hall–Kier alpha value is -4.59. The molecular weight excluding hydrogens is 783 g/mol. The van der Waals surface area contributed by atoms with Crippen LogP contribution in [0.1, 0.15) is 118 Å². The molecule has 2 bridgehead atoms. The molecule has 3 aliphatic carbocycles. The summed E-state index contributed by atoms with van der Waals surface area (Å²) in [6.45, 7) is 20.8. The molecule has 2 aromatic carbocycles. The minimum absolute atomic E-state index is 0.0776. The van der Waals surface area contributed by atoms with Crippen LogP contribution < -0.4 is 0 Å². The fourth-order valence-corrected chi connectivity index (χ4v) is 11.5. The number of aliphatic hydroxyl groups is 1. The Kier molecular flexibility index (Phi) is 11.0. The maximum atomic E-state index is 15.5. The monoisotopic (exact) mass is 843 g/mol. The van der Waals surface area contributed by atoms with Gasteiger partial charge in [-0.3, -0.25) is 14.5 Å². The summed E-state index contributed by atoms with van der Waals surface area (Å²) >= 11 is 0. The van der Waals surface area contributed by atoms with Crippen molar-refractivity contribution in [1.82, 2.24) is 4.90 Å². The van der Waals surface area contributed by atoms with Crippen LogP contribution in [0.3, 0.4) is 0 Å². The van der Waals surface area contributed by atoms with Gasteiger partial charge in [-0.2, -0.15) is 0 Å². The molecular formula is C48H61NO12. The minimum atomic E-state index is -2.04. The Morgan fingerprint density at radius 3 is 2.07 bits per heavy atom. The van der Waals surface area contributed by atoms with Crippen LogP contribution in [0.4, 0.5) is 4.79 Å². The predicted octanol–water partition coefficient (Wildman–Crippen LogP) is 7.30. The smallest absolute Gasteiger partial charge is 0.413 e. The maximum Gasteiger partial charge on any atom is 0.413 e. The third kappa shape index (κ3) is 6.99. The van der Waals surface area contributed by atoms with Crippen LogP contribution in [0.5, 0.6) is 0 Å². The van der Waals surface area contributed by atoms with Gasteiger partial charge in [0, 0.05) is 30.1 Å². The van der Waals surface area contributed by atoms with Gasteiger partial charge in [0.15, 0.2) is 11.7 Å². The van der Waals surface area contributed by atoms with Gasteiger partial charge in [0.05, 0.1) is 18.1 Å². The van der Waals surface area contributed by atoms with E-state index in [9.17, 15) is 24.3 Å². The number of esters is 3. The van der Waals surface area contributed by atoms with Gasteiger partial charge in [-0.15, -0.1) is 0 Å². The van der Waals surface area contributed by atoms with Crippen molar-refractivity contribution in [3.05, 3.63) is 82.9 Å². The van der Waals surface area contributed by atoms with E-state index < -0.39 is 99.7 Å². The van der Waals surface area contributed by atoms with Crippen molar-refractivity contribution in [1.29, 1.82) is 0 Å². The summed E-state index contributed by atoms with van der Waals surface area (Å²) in [6, 6.07) is 16.4. The van der Waals surface area contributed by atoms with Crippen LogP contribution >= 0.6 is 0 Å². The Morgan fingerprint density at radius 1 is 0.902 bits per heavy atom. The number of fused-ring (bicyclic) bond motifs is 5. The molecule has 2 saturated carbocycles. The molecule has 2 aromatic rings. The van der Waals surface area contributed by atoms with Gasteiger partial charge in [0.2, 0.25) is 0 Å². The molecule has 13 nitrogen and oxygen atoms in total. The molecule has 1 amide bonds. The number of amides is 1. The Labute approximate surface area is 358 Å². The third-order valence-corrected chi connectivity index (χ3v) is 14.5. The fraction of sp³-hybridized carbons (Fsp3) is 0.604. The highest BCUT2D eigenvalue weighted by atomic mass is 16.6. The van der Waals surface area contributed by atoms with E-state index in [1.165, 1.54) is 11.8 Å². The largest absolute Gasteiger partial charge is 0.456 e. The van der Waals surface area contributed by atoms with E-state index in [2.05, 4.69) is 0 Å². The molecule has 11 atom stereocenters. The number of nitrogens with zero attached hydrogens (tertiary/aromatic N) is 1. The van der Waals surface area contributed by atoms with Crippen molar-refractivity contribution in [2.24, 2.45) is 28.6 Å². The predicted molar refractivity (Wildman–Crippen MR) is 222 cm³/mol. The molecule has 330 valence electrons. The summed E-state index contributed by atoms with van der Waals surface area (Å²) in [5.74, 6) is -4.61. The van der Waals surface area contributed by atoms with Crippen molar-refractivity contribution >= 4 is 29.8 Å². The van der Waals surface area contributed by atoms with E-state index in [1.54, 1.807) is 103 Å². The Balaban J connectivity index is 1.37. The molecule has 4 fully saturated rings. The number of hydrogen-bond donors (Lipinski definition) is 1. The highest BCUT2D eigenvalue weighted by Crippen LogP contribution is 2.66. The van der Waals surface area contributed by atoms with Crippen molar-refractivity contribution in [2.75, 3.05) is 6.61 Å². The van der Waals surface area contributed by atoms with Crippen molar-refractivity contribution < 1.29 is 57.5 Å². The number of benzene rings is 2. The van der Waals surface area contributed by atoms with E-state index >= 15 is 4.79 Å². The summed E-state index contributed by atoms with van der Waals surface area (Å²) in [7, 11) is 0. The number of carbonyl (C=O) groups is 5. The average molecular weight is 844 g/mol. The zero-order chi connectivity index (χ0) is 44.8. The van der Waals surface area contributed by atoms with E-state index in [0.29, 0.717) is 23.1 Å². The summed E-state index contributed by atoms with van der Waals surface area (Å²) < 4.78 is 37.7. The fourth-order valence-electron chi connectivity index (χ4n) is 11.5. The topological polar surface area (TPSA) is 164 Å². The summed E-state index contributed by atoms with van der Waals surface area (Å²) in [4.78, 5) is 73.1. The maximum absolute atomic E-state index is 15.5. The Bertz CT molecular complexity index is 2130. The molecule has 2 heterocycles. The van der Waals surface area contributed by atoms with Crippen LogP contribution in [0.15, 0.2) is 71.8 Å². The molecule has 0 spiro atoms. The Morgan fingerprint density at radius 2 is 1.51 bits per heavy atom. The first-order chi connectivity index (χ1) is 28.3. The molecule has 61 heavy (non-hydrogen) atoms. The SMILES string of the molecule is CC(=O)O[C@@]12CO[C@@H]1C[C@H](C)[C@@]1(C)C(=O)[C@H](C)C3=C(C)[C@@H](OC(=O)[C@@H]4OC(C)(C)N(C(=O)OC(C)(C)C)[C@H]4c4ccccc4)C[C@@](O)(C(OC(=O)c4ccccc4)C12)C3(C)C. The lowest BCUT2D eigenvalue weighted by Crippen LogP contribution is -2.80. The molecule has 2 aliphatic heterocycles. The van der Waals surface area contributed by atoms with Gasteiger partial charge >= 0.3 is 24.0 Å². The first-order valence-corrected chi connectivity index (χ1v) is 21.3. The van der Waals surface area contributed by atoms with E-state index in [1.807, 2.05) is 33.8 Å². The number of ether oxygens (including phenoxy) is 6. The average Bonchev–Trinajstić information content (AvgIpc) is 3.47. The van der Waals surface area contributed by atoms with Gasteiger partial charge in [0.1, 0.15) is 47.1 Å². The van der Waals surface area contributed by atoms with E-state index in [0.717, 1.165) is 0 Å². The van der Waals surface area contributed by atoms with Gasteiger partial charge in [-0.1, -0.05) is 83.1 Å². The van der Waals surface area contributed by atoms with E-state index in [-0.39, 0.29) is 30.3 Å². The van der Waals surface area contributed by atoms with Gasteiger partial charge in [0.25, 0.3) is 0 Å². The molecule has 5 aliphatic rings. The number of carbonyl (C=O) groups excluding carboxylic acids is 5. The summed E-state index contributed by atoms with van der Waals surface area (Å²) in [6.07, 6.45) is -5.19. The first-order valence-electron chi connectivity index (χ1n) is 21.3. The molecule has 1 N–H and O–H groups in total. The zero-order valence-corrected chi connectivity index (χ0v) is 37.4. The second kappa shape index (κ2) is 15.0. The molecule has 0 radical (unpaired) electrons. The normalized spacial score (nSPS) is 36.3. The van der Waals surface area contributed by atoms with Crippen LogP contribution in [0.2, 0.25) is 0 Å². The van der Waals surface area contributed by atoms with E-state index in [4.69, 9.17) is 28.4 Å². The van der Waals surface area contributed by atoms with Crippen LogP contribution in [0.25, 0.3) is 0 Å². The second-order valence-electron chi connectivity index (χ2n) is 20.0. The molecule has 0 aromatic heterocycles. The zero-order valence-electron chi connectivity index (χ0n) is 37.4. The van der Waals surface area contributed by atoms with Crippen molar-refractivity contribution in [3.63, 3.8) is 0 Å². The van der Waals surface area contributed by atoms with Crippen LogP contribution in [0, 0.1) is 28.6 Å².